The van der Waals surface area contributed by atoms with E-state index in [1.807, 2.05) is 38.1 Å². The quantitative estimate of drug-likeness (QED) is 0.0590. The van der Waals surface area contributed by atoms with E-state index in [1.165, 1.54) is 7.11 Å². The van der Waals surface area contributed by atoms with Crippen molar-refractivity contribution in [3.8, 4) is 22.6 Å². The first kappa shape index (κ1) is 32.2. The molecule has 0 heterocycles. The summed E-state index contributed by atoms with van der Waals surface area (Å²) in [5.74, 6) is -0.169. The summed E-state index contributed by atoms with van der Waals surface area (Å²) in [6.45, 7) is 12.1. The third-order valence-corrected chi connectivity index (χ3v) is 7.48. The first-order valence-corrected chi connectivity index (χ1v) is 14.6. The topological polar surface area (TPSA) is 97.4 Å². The molecule has 0 N–H and O–H groups in total. The van der Waals surface area contributed by atoms with Crippen molar-refractivity contribution in [1.29, 1.82) is 0 Å². The minimum atomic E-state index is -0.458. The highest BCUT2D eigenvalue weighted by molar-refractivity contribution is 5.95. The average molecular weight is 599 g/mol. The molecule has 4 rings (SSSR count). The monoisotopic (exact) mass is 598 g/mol. The minimum absolute atomic E-state index is 0.00741. The molecule has 3 aromatic rings. The molecule has 0 fully saturated rings. The number of benzene rings is 3. The Morgan fingerprint density at radius 3 is 2.09 bits per heavy atom. The maximum absolute atomic E-state index is 13.1. The van der Waals surface area contributed by atoms with Gasteiger partial charge in [0, 0.05) is 13.0 Å². The number of fused-ring (bicyclic) bond motifs is 3. The van der Waals surface area contributed by atoms with Crippen molar-refractivity contribution in [2.75, 3.05) is 26.9 Å². The van der Waals surface area contributed by atoms with Crippen molar-refractivity contribution in [3.05, 3.63) is 107 Å². The van der Waals surface area contributed by atoms with Crippen LogP contribution in [-0.4, -0.2) is 44.8 Å². The second-order valence-corrected chi connectivity index (χ2v) is 10.6. The largest absolute Gasteiger partial charge is 0.493 e. The number of aryl methyl sites for hydroxylation is 1. The second kappa shape index (κ2) is 15.2. The van der Waals surface area contributed by atoms with Gasteiger partial charge >= 0.3 is 17.9 Å². The molecule has 1 unspecified atom stereocenters. The molecule has 0 aliphatic heterocycles. The zero-order valence-electron chi connectivity index (χ0n) is 25.5. The Morgan fingerprint density at radius 2 is 1.48 bits per heavy atom. The van der Waals surface area contributed by atoms with Gasteiger partial charge in [0.25, 0.3) is 0 Å². The third-order valence-electron chi connectivity index (χ3n) is 7.48. The van der Waals surface area contributed by atoms with Crippen LogP contribution in [0.2, 0.25) is 0 Å². The third kappa shape index (κ3) is 7.82. The molecule has 1 aliphatic rings. The van der Waals surface area contributed by atoms with E-state index in [4.69, 9.17) is 23.7 Å². The summed E-state index contributed by atoms with van der Waals surface area (Å²) in [7, 11) is 1.51. The van der Waals surface area contributed by atoms with E-state index >= 15 is 0 Å². The van der Waals surface area contributed by atoms with E-state index in [0.29, 0.717) is 35.7 Å². The fourth-order valence-corrected chi connectivity index (χ4v) is 5.15. The van der Waals surface area contributed by atoms with Crippen molar-refractivity contribution in [2.24, 2.45) is 0 Å². The van der Waals surface area contributed by atoms with Crippen LogP contribution < -0.4 is 9.47 Å². The standard InChI is InChI=1S/C36H38O8/c1-6-41-35(38)26-11-14-29-30-15-12-27(21-32(30)25(4)31(29)20-26)36(39)44-28-13-16-33(23(2)19-28)42-17-9-7-8-10-18-43-34(37)24(3)22-40-5/h6,11-16,19-21,25H,1,3,7-10,17-18,22H2,2,4-5H3. The zero-order chi connectivity index (χ0) is 31.6. The number of hydrogen-bond donors (Lipinski definition) is 0. The number of esters is 3. The smallest absolute Gasteiger partial charge is 0.343 e. The molecule has 44 heavy (non-hydrogen) atoms. The van der Waals surface area contributed by atoms with Crippen molar-refractivity contribution < 1.29 is 38.1 Å². The van der Waals surface area contributed by atoms with E-state index in [0.717, 1.165) is 65.5 Å². The Kier molecular flexibility index (Phi) is 11.1. The van der Waals surface area contributed by atoms with Gasteiger partial charge < -0.3 is 23.7 Å². The molecule has 0 spiro atoms. The predicted molar refractivity (Wildman–Crippen MR) is 167 cm³/mol. The Hall–Kier alpha value is -4.69. The number of rotatable bonds is 15. The average Bonchev–Trinajstić information content (AvgIpc) is 3.29. The normalized spacial score (nSPS) is 12.9. The Balaban J connectivity index is 1.25. The molecule has 8 nitrogen and oxygen atoms in total. The summed E-state index contributed by atoms with van der Waals surface area (Å²) < 4.78 is 26.6. The predicted octanol–water partition coefficient (Wildman–Crippen LogP) is 7.33. The molecular weight excluding hydrogens is 560 g/mol. The Morgan fingerprint density at radius 1 is 0.841 bits per heavy atom. The first-order chi connectivity index (χ1) is 21.2. The number of methoxy groups -OCH3 is 1. The van der Waals surface area contributed by atoms with E-state index in [2.05, 4.69) is 13.2 Å². The summed E-state index contributed by atoms with van der Waals surface area (Å²) in [5, 5.41) is 0. The van der Waals surface area contributed by atoms with Crippen LogP contribution in [0, 0.1) is 6.92 Å². The molecule has 8 heteroatoms. The minimum Gasteiger partial charge on any atom is -0.493 e. The summed E-state index contributed by atoms with van der Waals surface area (Å²) in [5.41, 5.74) is 6.12. The molecule has 0 saturated carbocycles. The molecule has 1 aliphatic carbocycles. The highest BCUT2D eigenvalue weighted by Crippen LogP contribution is 2.45. The van der Waals surface area contributed by atoms with Crippen LogP contribution in [0.5, 0.6) is 11.5 Å². The lowest BCUT2D eigenvalue weighted by Crippen LogP contribution is -2.11. The molecule has 230 valence electrons. The summed E-state index contributed by atoms with van der Waals surface area (Å²) in [4.78, 5) is 36.9. The van der Waals surface area contributed by atoms with Gasteiger partial charge in [-0.05, 0) is 103 Å². The van der Waals surface area contributed by atoms with Gasteiger partial charge in [0.15, 0.2) is 0 Å². The summed E-state index contributed by atoms with van der Waals surface area (Å²) in [6, 6.07) is 16.3. The van der Waals surface area contributed by atoms with Crippen molar-refractivity contribution in [3.63, 3.8) is 0 Å². The second-order valence-electron chi connectivity index (χ2n) is 10.6. The Labute approximate surface area is 258 Å². The SMILES string of the molecule is C=COC(=O)c1ccc2c(c1)C(C)c1cc(C(=O)Oc3ccc(OCCCCCCOC(=O)C(=C)COC)c(C)c3)ccc1-2. The molecule has 0 aromatic heterocycles. The van der Waals surface area contributed by atoms with Gasteiger partial charge in [-0.1, -0.05) is 32.2 Å². The van der Waals surface area contributed by atoms with Gasteiger partial charge in [-0.3, -0.25) is 0 Å². The van der Waals surface area contributed by atoms with Crippen molar-refractivity contribution >= 4 is 17.9 Å². The van der Waals surface area contributed by atoms with E-state index < -0.39 is 17.9 Å². The molecule has 0 radical (unpaired) electrons. The fraction of sp³-hybridized carbons (Fsp3) is 0.306. The number of unbranched alkanes of at least 4 members (excludes halogenated alkanes) is 3. The lowest BCUT2D eigenvalue weighted by Gasteiger charge is -2.12. The van der Waals surface area contributed by atoms with Crippen molar-refractivity contribution in [2.45, 2.75) is 45.4 Å². The number of ether oxygens (including phenoxy) is 5. The van der Waals surface area contributed by atoms with Crippen LogP contribution in [0.4, 0.5) is 0 Å². The van der Waals surface area contributed by atoms with Gasteiger partial charge in [0.05, 0.1) is 42.8 Å². The lowest BCUT2D eigenvalue weighted by molar-refractivity contribution is -0.139. The van der Waals surface area contributed by atoms with Crippen LogP contribution in [0.15, 0.2) is 79.6 Å². The van der Waals surface area contributed by atoms with Gasteiger partial charge in [-0.15, -0.1) is 0 Å². The maximum atomic E-state index is 13.1. The van der Waals surface area contributed by atoms with Crippen LogP contribution in [0.1, 0.15) is 75.9 Å². The first-order valence-electron chi connectivity index (χ1n) is 14.6. The van der Waals surface area contributed by atoms with Gasteiger partial charge in [0.1, 0.15) is 11.5 Å². The van der Waals surface area contributed by atoms with E-state index in [9.17, 15) is 14.4 Å². The highest BCUT2D eigenvalue weighted by atomic mass is 16.5. The van der Waals surface area contributed by atoms with Gasteiger partial charge in [-0.2, -0.15) is 0 Å². The van der Waals surface area contributed by atoms with Gasteiger partial charge in [0.2, 0.25) is 0 Å². The number of carbonyl (C=O) groups excluding carboxylic acids is 3. The molecule has 0 saturated heterocycles. The van der Waals surface area contributed by atoms with Crippen LogP contribution in [0.3, 0.4) is 0 Å². The molecule has 0 amide bonds. The maximum Gasteiger partial charge on any atom is 0.343 e. The van der Waals surface area contributed by atoms with E-state index in [-0.39, 0.29) is 12.5 Å². The van der Waals surface area contributed by atoms with Gasteiger partial charge in [-0.25, -0.2) is 14.4 Å². The zero-order valence-corrected chi connectivity index (χ0v) is 25.5. The summed E-state index contributed by atoms with van der Waals surface area (Å²) >= 11 is 0. The van der Waals surface area contributed by atoms with Crippen molar-refractivity contribution in [1.82, 2.24) is 0 Å². The molecule has 0 bridgehead atoms. The molecule has 1 atom stereocenters. The van der Waals surface area contributed by atoms with Crippen LogP contribution in [-0.2, 0) is 19.0 Å². The summed E-state index contributed by atoms with van der Waals surface area (Å²) in [6.07, 6.45) is 4.61. The highest BCUT2D eigenvalue weighted by Gasteiger charge is 2.28. The molecular formula is C36H38O8. The molecule has 3 aromatic carbocycles. The van der Waals surface area contributed by atoms with Crippen LogP contribution >= 0.6 is 0 Å². The Bertz CT molecular complexity index is 1550. The number of hydrogen-bond acceptors (Lipinski definition) is 8. The van der Waals surface area contributed by atoms with Crippen LogP contribution in [0.25, 0.3) is 11.1 Å². The fourth-order valence-electron chi connectivity index (χ4n) is 5.15. The lowest BCUT2D eigenvalue weighted by atomic mass is 9.97. The number of carbonyl (C=O) groups is 3. The van der Waals surface area contributed by atoms with E-state index in [1.54, 1.807) is 30.3 Å².